The van der Waals surface area contributed by atoms with Gasteiger partial charge in [0.15, 0.2) is 0 Å². The van der Waals surface area contributed by atoms with Gasteiger partial charge in [-0.25, -0.2) is 4.79 Å². The molecule has 0 aliphatic carbocycles. The van der Waals surface area contributed by atoms with E-state index in [0.29, 0.717) is 29.9 Å². The Bertz CT molecular complexity index is 496. The van der Waals surface area contributed by atoms with Crippen LogP contribution in [0.2, 0.25) is 0 Å². The fourth-order valence-electron chi connectivity index (χ4n) is 1.93. The molecule has 1 aromatic rings. The zero-order chi connectivity index (χ0) is 15.5. The minimum absolute atomic E-state index is 0.0283. The number of hydrogen-bond donors (Lipinski definition) is 2. The number of nitrogens with one attached hydrogen (secondary N) is 1. The van der Waals surface area contributed by atoms with Crippen LogP contribution in [-0.4, -0.2) is 23.0 Å². The van der Waals surface area contributed by atoms with E-state index in [4.69, 9.17) is 4.42 Å². The number of carbonyl (C=O) groups is 2. The van der Waals surface area contributed by atoms with Crippen LogP contribution in [0.1, 0.15) is 55.5 Å². The highest BCUT2D eigenvalue weighted by molar-refractivity contribution is 5.97. The standard InChI is InChI=1S/C15H23NO4/c1-9-8-11(10(2)20-9)13(17)16-12(14(18)19)6-7-15(3,4)5/h8,12H,6-7H2,1-5H3,(H,16,17)(H,18,19). The predicted octanol–water partition coefficient (Wildman–Crippen LogP) is 2.91. The topological polar surface area (TPSA) is 79.5 Å². The lowest BCUT2D eigenvalue weighted by atomic mass is 9.88. The van der Waals surface area contributed by atoms with Gasteiger partial charge in [-0.05, 0) is 38.2 Å². The van der Waals surface area contributed by atoms with E-state index in [1.54, 1.807) is 19.9 Å². The third kappa shape index (κ3) is 4.72. The summed E-state index contributed by atoms with van der Waals surface area (Å²) in [5.74, 6) is -0.282. The normalized spacial score (nSPS) is 13.1. The Balaban J connectivity index is 2.73. The molecule has 1 unspecified atom stereocenters. The third-order valence-electron chi connectivity index (χ3n) is 3.07. The molecule has 1 heterocycles. The van der Waals surface area contributed by atoms with Gasteiger partial charge in [0.2, 0.25) is 0 Å². The van der Waals surface area contributed by atoms with Crippen molar-refractivity contribution in [3.8, 4) is 0 Å². The highest BCUT2D eigenvalue weighted by atomic mass is 16.4. The summed E-state index contributed by atoms with van der Waals surface area (Å²) in [7, 11) is 0. The molecule has 5 heteroatoms. The van der Waals surface area contributed by atoms with Gasteiger partial charge in [-0.2, -0.15) is 0 Å². The van der Waals surface area contributed by atoms with Crippen LogP contribution in [0.4, 0.5) is 0 Å². The fourth-order valence-corrected chi connectivity index (χ4v) is 1.93. The summed E-state index contributed by atoms with van der Waals surface area (Å²) in [4.78, 5) is 23.3. The van der Waals surface area contributed by atoms with Gasteiger partial charge in [0, 0.05) is 0 Å². The van der Waals surface area contributed by atoms with Crippen LogP contribution in [0.3, 0.4) is 0 Å². The van der Waals surface area contributed by atoms with Crippen LogP contribution in [-0.2, 0) is 4.79 Å². The van der Waals surface area contributed by atoms with Crippen molar-refractivity contribution in [2.75, 3.05) is 0 Å². The van der Waals surface area contributed by atoms with Crippen molar-refractivity contribution in [3.63, 3.8) is 0 Å². The van der Waals surface area contributed by atoms with Gasteiger partial charge in [-0.1, -0.05) is 20.8 Å². The SMILES string of the molecule is Cc1cc(C(=O)NC(CCC(C)(C)C)C(=O)O)c(C)o1. The van der Waals surface area contributed by atoms with E-state index in [0.717, 1.165) is 0 Å². The van der Waals surface area contributed by atoms with Crippen LogP contribution in [0, 0.1) is 19.3 Å². The molecular weight excluding hydrogens is 258 g/mol. The number of hydrogen-bond acceptors (Lipinski definition) is 3. The molecule has 2 N–H and O–H groups in total. The maximum atomic E-state index is 12.1. The first-order valence-corrected chi connectivity index (χ1v) is 6.71. The molecule has 0 aliphatic heterocycles. The molecule has 0 saturated heterocycles. The monoisotopic (exact) mass is 281 g/mol. The Morgan fingerprint density at radius 3 is 2.35 bits per heavy atom. The van der Waals surface area contributed by atoms with Gasteiger partial charge in [-0.15, -0.1) is 0 Å². The second kappa shape index (κ2) is 6.11. The molecule has 0 radical (unpaired) electrons. The smallest absolute Gasteiger partial charge is 0.326 e. The second-order valence-corrected chi connectivity index (χ2v) is 6.29. The molecule has 0 saturated carbocycles. The lowest BCUT2D eigenvalue weighted by Gasteiger charge is -2.21. The predicted molar refractivity (Wildman–Crippen MR) is 75.8 cm³/mol. The molecule has 1 atom stereocenters. The molecule has 5 nitrogen and oxygen atoms in total. The average Bonchev–Trinajstić information content (AvgIpc) is 2.61. The maximum Gasteiger partial charge on any atom is 0.326 e. The molecule has 0 fully saturated rings. The summed E-state index contributed by atoms with van der Waals surface area (Å²) in [5.41, 5.74) is 0.421. The summed E-state index contributed by atoms with van der Waals surface area (Å²) in [6.07, 6.45) is 1.12. The molecule has 0 aromatic carbocycles. The Hall–Kier alpha value is -1.78. The van der Waals surface area contributed by atoms with Crippen LogP contribution < -0.4 is 5.32 Å². The van der Waals surface area contributed by atoms with E-state index in [1.165, 1.54) is 0 Å². The molecule has 20 heavy (non-hydrogen) atoms. The minimum atomic E-state index is -1.01. The number of carboxylic acid groups (broad SMARTS) is 1. The van der Waals surface area contributed by atoms with Gasteiger partial charge in [0.1, 0.15) is 17.6 Å². The first kappa shape index (κ1) is 16.3. The number of rotatable bonds is 5. The average molecular weight is 281 g/mol. The first-order valence-electron chi connectivity index (χ1n) is 6.71. The number of aliphatic carboxylic acids is 1. The lowest BCUT2D eigenvalue weighted by molar-refractivity contribution is -0.139. The molecule has 0 spiro atoms. The highest BCUT2D eigenvalue weighted by Gasteiger charge is 2.24. The maximum absolute atomic E-state index is 12.1. The van der Waals surface area contributed by atoms with Crippen LogP contribution in [0.15, 0.2) is 10.5 Å². The van der Waals surface area contributed by atoms with Gasteiger partial charge in [-0.3, -0.25) is 4.79 Å². The van der Waals surface area contributed by atoms with Gasteiger partial charge < -0.3 is 14.8 Å². The fraction of sp³-hybridized carbons (Fsp3) is 0.600. The van der Waals surface area contributed by atoms with Crippen molar-refractivity contribution in [2.45, 2.75) is 53.5 Å². The largest absolute Gasteiger partial charge is 0.480 e. The van der Waals surface area contributed by atoms with Crippen molar-refractivity contribution < 1.29 is 19.1 Å². The van der Waals surface area contributed by atoms with Crippen LogP contribution in [0.25, 0.3) is 0 Å². The summed E-state index contributed by atoms with van der Waals surface area (Å²) < 4.78 is 5.28. The molecule has 0 bridgehead atoms. The van der Waals surface area contributed by atoms with Crippen molar-refractivity contribution in [1.82, 2.24) is 5.32 Å². The van der Waals surface area contributed by atoms with Gasteiger partial charge in [0.25, 0.3) is 5.91 Å². The summed E-state index contributed by atoms with van der Waals surface area (Å²) >= 11 is 0. The number of amides is 1. The van der Waals surface area contributed by atoms with E-state index in [9.17, 15) is 14.7 Å². The number of carbonyl (C=O) groups excluding carboxylic acids is 1. The minimum Gasteiger partial charge on any atom is -0.480 e. The van der Waals surface area contributed by atoms with Crippen molar-refractivity contribution in [2.24, 2.45) is 5.41 Å². The van der Waals surface area contributed by atoms with E-state index in [1.807, 2.05) is 20.8 Å². The Kier molecular flexibility index (Phi) is 4.98. The first-order chi connectivity index (χ1) is 9.10. The third-order valence-corrected chi connectivity index (χ3v) is 3.07. The summed E-state index contributed by atoms with van der Waals surface area (Å²) in [5, 5.41) is 11.8. The van der Waals surface area contributed by atoms with Gasteiger partial charge >= 0.3 is 5.97 Å². The van der Waals surface area contributed by atoms with Crippen molar-refractivity contribution in [3.05, 3.63) is 23.2 Å². The zero-order valence-electron chi connectivity index (χ0n) is 12.7. The van der Waals surface area contributed by atoms with E-state index < -0.39 is 17.9 Å². The molecule has 0 aliphatic rings. The number of aryl methyl sites for hydroxylation is 2. The summed E-state index contributed by atoms with van der Waals surface area (Å²) in [6, 6.07) is 0.740. The molecular formula is C15H23NO4. The molecule has 1 rings (SSSR count). The zero-order valence-corrected chi connectivity index (χ0v) is 12.7. The molecule has 112 valence electrons. The van der Waals surface area contributed by atoms with E-state index >= 15 is 0 Å². The quantitative estimate of drug-likeness (QED) is 0.869. The Morgan fingerprint density at radius 1 is 1.35 bits per heavy atom. The van der Waals surface area contributed by atoms with Crippen molar-refractivity contribution >= 4 is 11.9 Å². The second-order valence-electron chi connectivity index (χ2n) is 6.29. The summed E-state index contributed by atoms with van der Waals surface area (Å²) in [6.45, 7) is 9.55. The lowest BCUT2D eigenvalue weighted by Crippen LogP contribution is -2.41. The number of furan rings is 1. The van der Waals surface area contributed by atoms with Crippen molar-refractivity contribution in [1.29, 1.82) is 0 Å². The number of carboxylic acids is 1. The van der Waals surface area contributed by atoms with E-state index in [2.05, 4.69) is 5.32 Å². The Morgan fingerprint density at radius 2 is 1.95 bits per heavy atom. The molecule has 1 aromatic heterocycles. The van der Waals surface area contributed by atoms with Crippen LogP contribution in [0.5, 0.6) is 0 Å². The van der Waals surface area contributed by atoms with Crippen LogP contribution >= 0.6 is 0 Å². The van der Waals surface area contributed by atoms with E-state index in [-0.39, 0.29) is 5.41 Å². The Labute approximate surface area is 119 Å². The van der Waals surface area contributed by atoms with Gasteiger partial charge in [0.05, 0.1) is 5.56 Å². The molecule has 1 amide bonds. The highest BCUT2D eigenvalue weighted by Crippen LogP contribution is 2.22.